The topological polar surface area (TPSA) is 60.9 Å². The van der Waals surface area contributed by atoms with Gasteiger partial charge in [0.1, 0.15) is 6.04 Å². The minimum absolute atomic E-state index is 0.119. The second-order valence-corrected chi connectivity index (χ2v) is 6.14. The molecule has 2 unspecified atom stereocenters. The molecule has 1 heterocycles. The van der Waals surface area contributed by atoms with E-state index < -0.39 is 12.0 Å². The van der Waals surface area contributed by atoms with Crippen LogP contribution in [0.3, 0.4) is 0 Å². The Bertz CT molecular complexity index is 355. The Morgan fingerprint density at radius 3 is 2.53 bits per heavy atom. The highest BCUT2D eigenvalue weighted by molar-refractivity contribution is 5.82. The van der Waals surface area contributed by atoms with Crippen LogP contribution in [0.15, 0.2) is 0 Å². The molecule has 5 heteroatoms. The Morgan fingerprint density at radius 1 is 1.32 bits per heavy atom. The third kappa shape index (κ3) is 3.19. The maximum Gasteiger partial charge on any atom is 0.326 e. The molecule has 0 radical (unpaired) electrons. The first kappa shape index (κ1) is 14.2. The monoisotopic (exact) mass is 268 g/mol. The molecule has 2 amide bonds. The van der Waals surface area contributed by atoms with Crippen LogP contribution in [0.25, 0.3) is 0 Å². The van der Waals surface area contributed by atoms with E-state index in [-0.39, 0.29) is 6.03 Å². The fourth-order valence-corrected chi connectivity index (χ4v) is 2.96. The second-order valence-electron chi connectivity index (χ2n) is 6.14. The average Bonchev–Trinajstić information content (AvgIpc) is 2.32. The molecule has 1 aliphatic heterocycles. The highest BCUT2D eigenvalue weighted by atomic mass is 16.4. The standard InChI is InChI=1S/C14H24N2O3/c1-10-6-7-16(12(8-10)13(17)18)14(19)15(2)9-11-4-3-5-11/h10-12H,3-9H2,1-2H3,(H,17,18). The molecule has 2 atom stereocenters. The zero-order valence-corrected chi connectivity index (χ0v) is 11.8. The van der Waals surface area contributed by atoms with E-state index in [1.54, 1.807) is 16.8 Å². The van der Waals surface area contributed by atoms with Crippen molar-refractivity contribution in [3.8, 4) is 0 Å². The highest BCUT2D eigenvalue weighted by Gasteiger charge is 2.36. The number of nitrogens with zero attached hydrogens (tertiary/aromatic N) is 2. The van der Waals surface area contributed by atoms with Crippen molar-refractivity contribution < 1.29 is 14.7 Å². The predicted molar refractivity (Wildman–Crippen MR) is 71.9 cm³/mol. The van der Waals surface area contributed by atoms with Gasteiger partial charge in [-0.15, -0.1) is 0 Å². The third-order valence-electron chi connectivity index (χ3n) is 4.48. The number of urea groups is 1. The maximum atomic E-state index is 12.4. The van der Waals surface area contributed by atoms with E-state index in [4.69, 9.17) is 0 Å². The molecular formula is C14H24N2O3. The number of aliphatic carboxylic acids is 1. The lowest BCUT2D eigenvalue weighted by Gasteiger charge is -2.39. The molecule has 2 aliphatic rings. The number of carboxylic acids is 1. The van der Waals surface area contributed by atoms with Crippen molar-refractivity contribution in [3.63, 3.8) is 0 Å². The molecule has 0 spiro atoms. The first-order chi connectivity index (χ1) is 8.99. The summed E-state index contributed by atoms with van der Waals surface area (Å²) in [5, 5.41) is 9.28. The number of piperidine rings is 1. The third-order valence-corrected chi connectivity index (χ3v) is 4.48. The molecule has 0 aromatic rings. The van der Waals surface area contributed by atoms with Gasteiger partial charge in [-0.3, -0.25) is 0 Å². The Morgan fingerprint density at radius 2 is 2.00 bits per heavy atom. The lowest BCUT2D eigenvalue weighted by molar-refractivity contribution is -0.144. The molecular weight excluding hydrogens is 244 g/mol. The quantitative estimate of drug-likeness (QED) is 0.852. The molecule has 2 rings (SSSR count). The van der Waals surface area contributed by atoms with Gasteiger partial charge in [0, 0.05) is 20.1 Å². The Hall–Kier alpha value is -1.26. The molecule has 0 aromatic carbocycles. The van der Waals surface area contributed by atoms with Gasteiger partial charge < -0.3 is 14.9 Å². The van der Waals surface area contributed by atoms with Crippen molar-refractivity contribution in [2.24, 2.45) is 11.8 Å². The van der Waals surface area contributed by atoms with Gasteiger partial charge in [-0.25, -0.2) is 9.59 Å². The number of likely N-dealkylation sites (tertiary alicyclic amines) is 1. The van der Waals surface area contributed by atoms with Crippen LogP contribution in [0.4, 0.5) is 4.79 Å². The van der Waals surface area contributed by atoms with Crippen LogP contribution >= 0.6 is 0 Å². The number of hydrogen-bond acceptors (Lipinski definition) is 2. The van der Waals surface area contributed by atoms with Crippen molar-refractivity contribution in [3.05, 3.63) is 0 Å². The van der Waals surface area contributed by atoms with Crippen LogP contribution in [0.2, 0.25) is 0 Å². The van der Waals surface area contributed by atoms with Crippen LogP contribution in [0.5, 0.6) is 0 Å². The number of carbonyl (C=O) groups is 2. The first-order valence-corrected chi connectivity index (χ1v) is 7.23. The number of hydrogen-bond donors (Lipinski definition) is 1. The minimum Gasteiger partial charge on any atom is -0.480 e. The molecule has 1 saturated heterocycles. The molecule has 0 bridgehead atoms. The van der Waals surface area contributed by atoms with Gasteiger partial charge in [0.15, 0.2) is 0 Å². The molecule has 0 aromatic heterocycles. The summed E-state index contributed by atoms with van der Waals surface area (Å²) in [6, 6.07) is -0.772. The van der Waals surface area contributed by atoms with Gasteiger partial charge in [0.05, 0.1) is 0 Å². The van der Waals surface area contributed by atoms with Crippen LogP contribution in [0.1, 0.15) is 39.0 Å². The van der Waals surface area contributed by atoms with Crippen molar-refractivity contribution in [2.45, 2.75) is 45.1 Å². The molecule has 1 N–H and O–H groups in total. The summed E-state index contributed by atoms with van der Waals surface area (Å²) in [5.41, 5.74) is 0. The molecule has 2 fully saturated rings. The van der Waals surface area contributed by atoms with Gasteiger partial charge in [-0.1, -0.05) is 13.3 Å². The molecule has 1 aliphatic carbocycles. The van der Waals surface area contributed by atoms with E-state index in [9.17, 15) is 14.7 Å². The van der Waals surface area contributed by atoms with Crippen molar-refractivity contribution >= 4 is 12.0 Å². The zero-order valence-electron chi connectivity index (χ0n) is 11.8. The molecule has 5 nitrogen and oxygen atoms in total. The largest absolute Gasteiger partial charge is 0.480 e. The first-order valence-electron chi connectivity index (χ1n) is 7.23. The Balaban J connectivity index is 1.96. The zero-order chi connectivity index (χ0) is 14.0. The van der Waals surface area contributed by atoms with E-state index in [0.29, 0.717) is 24.8 Å². The van der Waals surface area contributed by atoms with Gasteiger partial charge in [-0.2, -0.15) is 0 Å². The van der Waals surface area contributed by atoms with Gasteiger partial charge in [0.2, 0.25) is 0 Å². The fraction of sp³-hybridized carbons (Fsp3) is 0.857. The average molecular weight is 268 g/mol. The summed E-state index contributed by atoms with van der Waals surface area (Å²) in [4.78, 5) is 26.9. The van der Waals surface area contributed by atoms with Crippen LogP contribution in [0, 0.1) is 11.8 Å². The number of rotatable bonds is 3. The molecule has 108 valence electrons. The predicted octanol–water partition coefficient (Wildman–Crippen LogP) is 2.02. The van der Waals surface area contributed by atoms with Gasteiger partial charge in [0.25, 0.3) is 0 Å². The Kier molecular flexibility index (Phi) is 4.32. The van der Waals surface area contributed by atoms with Crippen LogP contribution in [-0.2, 0) is 4.79 Å². The summed E-state index contributed by atoms with van der Waals surface area (Å²) in [7, 11) is 1.79. The number of carbonyl (C=O) groups excluding carboxylic acids is 1. The highest BCUT2D eigenvalue weighted by Crippen LogP contribution is 2.28. The summed E-state index contributed by atoms with van der Waals surface area (Å²) in [6.07, 6.45) is 5.10. The van der Waals surface area contributed by atoms with Gasteiger partial charge >= 0.3 is 12.0 Å². The van der Waals surface area contributed by atoms with Crippen LogP contribution < -0.4 is 0 Å². The van der Waals surface area contributed by atoms with E-state index in [1.807, 2.05) is 0 Å². The van der Waals surface area contributed by atoms with E-state index in [1.165, 1.54) is 19.3 Å². The minimum atomic E-state index is -0.878. The summed E-state index contributed by atoms with van der Waals surface area (Å²) >= 11 is 0. The number of amides is 2. The molecule has 19 heavy (non-hydrogen) atoms. The normalized spacial score (nSPS) is 27.8. The lowest BCUT2D eigenvalue weighted by atomic mass is 9.85. The summed E-state index contributed by atoms with van der Waals surface area (Å²) < 4.78 is 0. The SMILES string of the molecule is CC1CCN(C(=O)N(C)CC2CCC2)C(C(=O)O)C1. The Labute approximate surface area is 114 Å². The van der Waals surface area contributed by atoms with Crippen molar-refractivity contribution in [2.75, 3.05) is 20.1 Å². The van der Waals surface area contributed by atoms with Gasteiger partial charge in [-0.05, 0) is 37.5 Å². The summed E-state index contributed by atoms with van der Waals surface area (Å²) in [5.74, 6) is 0.111. The summed E-state index contributed by atoms with van der Waals surface area (Å²) in [6.45, 7) is 3.37. The van der Waals surface area contributed by atoms with Crippen molar-refractivity contribution in [1.82, 2.24) is 9.80 Å². The second kappa shape index (κ2) is 5.80. The fourth-order valence-electron chi connectivity index (χ4n) is 2.96. The maximum absolute atomic E-state index is 12.4. The smallest absolute Gasteiger partial charge is 0.326 e. The molecule has 1 saturated carbocycles. The van der Waals surface area contributed by atoms with Crippen molar-refractivity contribution in [1.29, 1.82) is 0 Å². The lowest BCUT2D eigenvalue weighted by Crippen LogP contribution is -2.54. The van der Waals surface area contributed by atoms with E-state index in [2.05, 4.69) is 6.92 Å². The van der Waals surface area contributed by atoms with E-state index >= 15 is 0 Å². The van der Waals surface area contributed by atoms with Crippen LogP contribution in [-0.4, -0.2) is 53.1 Å². The number of carboxylic acid groups (broad SMARTS) is 1. The van der Waals surface area contributed by atoms with E-state index in [0.717, 1.165) is 13.0 Å².